The first-order chi connectivity index (χ1) is 9.99. The molecular formula is C14H18N2O5. The number of carboxylic acid groups (broad SMARTS) is 2. The Hall–Kier alpha value is -2.57. The van der Waals surface area contributed by atoms with Crippen molar-refractivity contribution in [2.75, 3.05) is 11.9 Å². The van der Waals surface area contributed by atoms with Gasteiger partial charge in [0.25, 0.3) is 0 Å². The minimum absolute atomic E-state index is 0.0489. The summed E-state index contributed by atoms with van der Waals surface area (Å²) in [5, 5.41) is 22.7. The monoisotopic (exact) mass is 294 g/mol. The third-order valence-electron chi connectivity index (χ3n) is 2.74. The van der Waals surface area contributed by atoms with E-state index in [2.05, 4.69) is 10.6 Å². The van der Waals surface area contributed by atoms with Gasteiger partial charge in [-0.25, -0.2) is 4.79 Å². The maximum Gasteiger partial charge on any atom is 0.326 e. The number of anilines is 1. The van der Waals surface area contributed by atoms with Crippen LogP contribution in [-0.2, 0) is 14.4 Å². The number of amides is 1. The Morgan fingerprint density at radius 3 is 2.33 bits per heavy atom. The molecule has 1 rings (SSSR count). The number of rotatable bonds is 9. The summed E-state index contributed by atoms with van der Waals surface area (Å²) < 4.78 is 0. The largest absolute Gasteiger partial charge is 0.481 e. The predicted molar refractivity (Wildman–Crippen MR) is 76.0 cm³/mol. The fourth-order valence-electron chi connectivity index (χ4n) is 1.70. The zero-order valence-electron chi connectivity index (χ0n) is 11.4. The Bertz CT molecular complexity index is 489. The molecule has 1 amide bonds. The van der Waals surface area contributed by atoms with Crippen LogP contribution in [0.3, 0.4) is 0 Å². The van der Waals surface area contributed by atoms with Gasteiger partial charge in [-0.05, 0) is 25.0 Å². The zero-order valence-corrected chi connectivity index (χ0v) is 11.4. The highest BCUT2D eigenvalue weighted by Gasteiger charge is 2.19. The van der Waals surface area contributed by atoms with Crippen molar-refractivity contribution in [2.45, 2.75) is 25.3 Å². The second kappa shape index (κ2) is 8.57. The summed E-state index contributed by atoms with van der Waals surface area (Å²) in [5.74, 6) is -2.62. The van der Waals surface area contributed by atoms with Crippen LogP contribution >= 0.6 is 0 Å². The van der Waals surface area contributed by atoms with E-state index in [1.807, 2.05) is 18.2 Å². The molecule has 0 radical (unpaired) electrons. The smallest absolute Gasteiger partial charge is 0.326 e. The average molecular weight is 294 g/mol. The van der Waals surface area contributed by atoms with Crippen LogP contribution in [0.25, 0.3) is 0 Å². The molecule has 0 aromatic heterocycles. The van der Waals surface area contributed by atoms with Gasteiger partial charge < -0.3 is 20.8 Å². The molecule has 1 aromatic rings. The highest BCUT2D eigenvalue weighted by molar-refractivity contribution is 5.86. The van der Waals surface area contributed by atoms with Crippen molar-refractivity contribution in [3.05, 3.63) is 30.3 Å². The average Bonchev–Trinajstić information content (AvgIpc) is 2.44. The van der Waals surface area contributed by atoms with E-state index in [0.717, 1.165) is 5.69 Å². The first kappa shape index (κ1) is 16.5. The summed E-state index contributed by atoms with van der Waals surface area (Å²) in [6.45, 7) is -0.0489. The Morgan fingerprint density at radius 2 is 1.76 bits per heavy atom. The molecule has 4 N–H and O–H groups in total. The van der Waals surface area contributed by atoms with Crippen LogP contribution in [0.4, 0.5) is 5.69 Å². The van der Waals surface area contributed by atoms with Gasteiger partial charge in [-0.2, -0.15) is 0 Å². The number of nitrogens with one attached hydrogen (secondary N) is 2. The van der Waals surface area contributed by atoms with Crippen molar-refractivity contribution in [2.24, 2.45) is 0 Å². The molecule has 0 saturated carbocycles. The molecule has 0 spiro atoms. The van der Waals surface area contributed by atoms with Gasteiger partial charge in [0.05, 0.1) is 6.54 Å². The summed E-state index contributed by atoms with van der Waals surface area (Å²) >= 11 is 0. The van der Waals surface area contributed by atoms with Gasteiger partial charge in [-0.1, -0.05) is 18.2 Å². The molecule has 1 aromatic carbocycles. The van der Waals surface area contributed by atoms with E-state index in [1.54, 1.807) is 12.1 Å². The Morgan fingerprint density at radius 1 is 1.10 bits per heavy atom. The van der Waals surface area contributed by atoms with Gasteiger partial charge in [0, 0.05) is 12.1 Å². The normalized spacial score (nSPS) is 11.4. The highest BCUT2D eigenvalue weighted by Crippen LogP contribution is 2.04. The summed E-state index contributed by atoms with van der Waals surface area (Å²) in [4.78, 5) is 33.1. The number of carboxylic acids is 2. The van der Waals surface area contributed by atoms with Crippen LogP contribution in [-0.4, -0.2) is 40.6 Å². The van der Waals surface area contributed by atoms with E-state index in [1.165, 1.54) is 0 Å². The highest BCUT2D eigenvalue weighted by atomic mass is 16.4. The number of hydrogen-bond donors (Lipinski definition) is 4. The minimum atomic E-state index is -1.17. The number of carbonyl (C=O) groups excluding carboxylic acids is 1. The van der Waals surface area contributed by atoms with E-state index < -0.39 is 23.9 Å². The molecule has 1 atom stereocenters. The van der Waals surface area contributed by atoms with Gasteiger partial charge >= 0.3 is 11.9 Å². The molecule has 114 valence electrons. The number of carbonyl (C=O) groups is 3. The minimum Gasteiger partial charge on any atom is -0.481 e. The second-order valence-corrected chi connectivity index (χ2v) is 4.46. The number of aliphatic carboxylic acids is 2. The number of hydrogen-bond acceptors (Lipinski definition) is 4. The first-order valence-electron chi connectivity index (χ1n) is 6.52. The molecule has 0 aliphatic heterocycles. The summed E-state index contributed by atoms with van der Waals surface area (Å²) in [5.41, 5.74) is 0.755. The molecule has 7 nitrogen and oxygen atoms in total. The fraction of sp³-hybridized carbons (Fsp3) is 0.357. The standard InChI is InChI=1S/C14H18N2O5/c17-12(9-15-10-5-2-1-3-6-10)16-11(14(20)21)7-4-8-13(18)19/h1-3,5-6,11,15H,4,7-9H2,(H,16,17)(H,18,19)(H,20,21)/t11-/m1/s1. The van der Waals surface area contributed by atoms with Crippen molar-refractivity contribution in [1.82, 2.24) is 5.32 Å². The second-order valence-electron chi connectivity index (χ2n) is 4.46. The molecule has 0 bridgehead atoms. The van der Waals surface area contributed by atoms with Gasteiger partial charge in [0.1, 0.15) is 6.04 Å². The lowest BCUT2D eigenvalue weighted by molar-refractivity contribution is -0.142. The van der Waals surface area contributed by atoms with Crippen molar-refractivity contribution in [3.63, 3.8) is 0 Å². The van der Waals surface area contributed by atoms with E-state index >= 15 is 0 Å². The SMILES string of the molecule is O=C(O)CCC[C@@H](NC(=O)CNc1ccccc1)C(=O)O. The van der Waals surface area contributed by atoms with Gasteiger partial charge in [0.15, 0.2) is 0 Å². The van der Waals surface area contributed by atoms with Crippen molar-refractivity contribution < 1.29 is 24.6 Å². The van der Waals surface area contributed by atoms with Crippen LogP contribution in [0.2, 0.25) is 0 Å². The zero-order chi connectivity index (χ0) is 15.7. The topological polar surface area (TPSA) is 116 Å². The van der Waals surface area contributed by atoms with Crippen molar-refractivity contribution >= 4 is 23.5 Å². The molecule has 0 aliphatic carbocycles. The third kappa shape index (κ3) is 6.95. The Kier molecular flexibility index (Phi) is 6.73. The number of benzene rings is 1. The summed E-state index contributed by atoms with van der Waals surface area (Å²) in [6.07, 6.45) is 0.152. The molecule has 0 saturated heterocycles. The van der Waals surface area contributed by atoms with E-state index in [9.17, 15) is 14.4 Å². The number of para-hydroxylation sites is 1. The molecule has 0 heterocycles. The van der Waals surface area contributed by atoms with Gasteiger partial charge in [0.2, 0.25) is 5.91 Å². The molecule has 7 heteroatoms. The predicted octanol–water partition coefficient (Wildman–Crippen LogP) is 0.923. The van der Waals surface area contributed by atoms with Crippen LogP contribution < -0.4 is 10.6 Å². The van der Waals surface area contributed by atoms with Crippen molar-refractivity contribution in [1.29, 1.82) is 0 Å². The van der Waals surface area contributed by atoms with E-state index in [4.69, 9.17) is 10.2 Å². The van der Waals surface area contributed by atoms with Crippen molar-refractivity contribution in [3.8, 4) is 0 Å². The maximum atomic E-state index is 11.7. The summed E-state index contributed by atoms with van der Waals surface area (Å²) in [7, 11) is 0. The molecular weight excluding hydrogens is 276 g/mol. The van der Waals surface area contributed by atoms with Crippen LogP contribution in [0.5, 0.6) is 0 Å². The van der Waals surface area contributed by atoms with E-state index in [0.29, 0.717) is 0 Å². The Balaban J connectivity index is 2.38. The lowest BCUT2D eigenvalue weighted by Crippen LogP contribution is -2.43. The van der Waals surface area contributed by atoms with Crippen LogP contribution in [0, 0.1) is 0 Å². The molecule has 0 unspecified atom stereocenters. The van der Waals surface area contributed by atoms with E-state index in [-0.39, 0.29) is 25.8 Å². The molecule has 0 fully saturated rings. The maximum absolute atomic E-state index is 11.7. The Labute approximate surface area is 122 Å². The van der Waals surface area contributed by atoms with Gasteiger partial charge in [-0.15, -0.1) is 0 Å². The van der Waals surface area contributed by atoms with Crippen LogP contribution in [0.1, 0.15) is 19.3 Å². The van der Waals surface area contributed by atoms with Crippen LogP contribution in [0.15, 0.2) is 30.3 Å². The molecule has 0 aliphatic rings. The third-order valence-corrected chi connectivity index (χ3v) is 2.74. The summed E-state index contributed by atoms with van der Waals surface area (Å²) in [6, 6.07) is 7.96. The fourth-order valence-corrected chi connectivity index (χ4v) is 1.70. The lowest BCUT2D eigenvalue weighted by atomic mass is 10.1. The molecule has 21 heavy (non-hydrogen) atoms. The lowest BCUT2D eigenvalue weighted by Gasteiger charge is -2.14. The first-order valence-corrected chi connectivity index (χ1v) is 6.52. The van der Waals surface area contributed by atoms with Gasteiger partial charge in [-0.3, -0.25) is 9.59 Å². The quantitative estimate of drug-likeness (QED) is 0.538.